The highest BCUT2D eigenvalue weighted by Crippen LogP contribution is 2.14. The number of carboxylic acid groups (broad SMARTS) is 1. The van der Waals surface area contributed by atoms with Crippen LogP contribution in [-0.4, -0.2) is 29.2 Å². The van der Waals surface area contributed by atoms with E-state index < -0.39 is 24.1 Å². The van der Waals surface area contributed by atoms with Gasteiger partial charge in [-0.1, -0.05) is 0 Å². The summed E-state index contributed by atoms with van der Waals surface area (Å²) in [6.07, 6.45) is -5.46. The average Bonchev–Trinajstić information content (AvgIpc) is 2.09. The van der Waals surface area contributed by atoms with E-state index in [1.54, 1.807) is 0 Å². The van der Waals surface area contributed by atoms with Crippen LogP contribution in [0.15, 0.2) is 0 Å². The topological polar surface area (TPSA) is 66.4 Å². The highest BCUT2D eigenvalue weighted by molar-refractivity contribution is 5.87. The first kappa shape index (κ1) is 13.3. The van der Waals surface area contributed by atoms with Crippen LogP contribution in [0, 0.1) is 11.8 Å². The van der Waals surface area contributed by atoms with Gasteiger partial charge in [-0.15, -0.1) is 11.8 Å². The maximum atomic E-state index is 11.8. The van der Waals surface area contributed by atoms with Crippen LogP contribution in [0.1, 0.15) is 13.3 Å². The van der Waals surface area contributed by atoms with Crippen LogP contribution >= 0.6 is 0 Å². The molecule has 0 aromatic rings. The molecule has 15 heavy (non-hydrogen) atoms. The second-order valence-electron chi connectivity index (χ2n) is 2.49. The van der Waals surface area contributed by atoms with Crippen LogP contribution in [0.5, 0.6) is 0 Å². The van der Waals surface area contributed by atoms with E-state index in [1.165, 1.54) is 12.2 Å². The Morgan fingerprint density at radius 2 is 2.00 bits per heavy atom. The zero-order chi connectivity index (χ0) is 12.1. The van der Waals surface area contributed by atoms with Crippen molar-refractivity contribution in [2.24, 2.45) is 0 Å². The van der Waals surface area contributed by atoms with Crippen LogP contribution in [0.2, 0.25) is 0 Å². The van der Waals surface area contributed by atoms with Gasteiger partial charge in [-0.05, 0) is 6.92 Å². The van der Waals surface area contributed by atoms with Gasteiger partial charge in [0.25, 0.3) is 0 Å². The number of carbonyl (C=O) groups is 2. The molecule has 1 unspecified atom stereocenters. The number of amides is 1. The molecule has 0 aromatic carbocycles. The first-order chi connectivity index (χ1) is 6.79. The third-order valence-electron chi connectivity index (χ3n) is 1.34. The Kier molecular flexibility index (Phi) is 4.64. The fourth-order valence-electron chi connectivity index (χ4n) is 0.644. The van der Waals surface area contributed by atoms with E-state index >= 15 is 0 Å². The number of alkyl halides is 3. The summed E-state index contributed by atoms with van der Waals surface area (Å²) < 4.78 is 35.3. The molecule has 7 heteroatoms. The minimum atomic E-state index is -5.09. The molecule has 0 rings (SSSR count). The second kappa shape index (κ2) is 5.24. The summed E-state index contributed by atoms with van der Waals surface area (Å²) in [5, 5.41) is 9.79. The standard InChI is InChI=1S/C8H8F3NO3/c1-2-3-4-5(6(13)14)12-7(15)8(9,10)11/h5H,4H2,1H3,(H,12,15)(H,13,14). The Balaban J connectivity index is 4.47. The van der Waals surface area contributed by atoms with Gasteiger partial charge in [0.15, 0.2) is 0 Å². The molecule has 0 saturated carbocycles. The van der Waals surface area contributed by atoms with Gasteiger partial charge in [0.05, 0.1) is 0 Å². The third-order valence-corrected chi connectivity index (χ3v) is 1.34. The molecule has 0 fully saturated rings. The quantitative estimate of drug-likeness (QED) is 0.686. The van der Waals surface area contributed by atoms with Crippen molar-refractivity contribution in [2.75, 3.05) is 0 Å². The zero-order valence-electron chi connectivity index (χ0n) is 7.68. The van der Waals surface area contributed by atoms with E-state index in [9.17, 15) is 22.8 Å². The number of nitrogens with one attached hydrogen (secondary N) is 1. The highest BCUT2D eigenvalue weighted by atomic mass is 19.4. The van der Waals surface area contributed by atoms with Crippen molar-refractivity contribution in [3.8, 4) is 11.8 Å². The van der Waals surface area contributed by atoms with Crippen LogP contribution < -0.4 is 5.32 Å². The van der Waals surface area contributed by atoms with Gasteiger partial charge in [0, 0.05) is 6.42 Å². The minimum Gasteiger partial charge on any atom is -0.480 e. The van der Waals surface area contributed by atoms with Crippen LogP contribution in [0.25, 0.3) is 0 Å². The predicted molar refractivity (Wildman–Crippen MR) is 43.7 cm³/mol. The van der Waals surface area contributed by atoms with Gasteiger partial charge in [-0.2, -0.15) is 13.2 Å². The van der Waals surface area contributed by atoms with Gasteiger partial charge in [-0.25, -0.2) is 4.79 Å². The second-order valence-corrected chi connectivity index (χ2v) is 2.49. The molecular formula is C8H8F3NO3. The maximum absolute atomic E-state index is 11.8. The number of hydrogen-bond donors (Lipinski definition) is 2. The molecule has 84 valence electrons. The molecule has 0 aliphatic heterocycles. The van der Waals surface area contributed by atoms with E-state index in [0.717, 1.165) is 0 Å². The monoisotopic (exact) mass is 223 g/mol. The summed E-state index contributed by atoms with van der Waals surface area (Å²) in [6.45, 7) is 1.41. The summed E-state index contributed by atoms with van der Waals surface area (Å²) in [5.74, 6) is 0.748. The Morgan fingerprint density at radius 1 is 1.47 bits per heavy atom. The number of rotatable bonds is 3. The van der Waals surface area contributed by atoms with Crippen LogP contribution in [-0.2, 0) is 9.59 Å². The molecule has 0 aromatic heterocycles. The molecule has 0 aliphatic carbocycles. The van der Waals surface area contributed by atoms with Crippen molar-refractivity contribution >= 4 is 11.9 Å². The molecule has 0 heterocycles. The minimum absolute atomic E-state index is 0.367. The normalized spacial score (nSPS) is 12.3. The van der Waals surface area contributed by atoms with Crippen molar-refractivity contribution in [1.29, 1.82) is 0 Å². The van der Waals surface area contributed by atoms with Crippen LogP contribution in [0.4, 0.5) is 13.2 Å². The van der Waals surface area contributed by atoms with Gasteiger partial charge < -0.3 is 10.4 Å². The zero-order valence-corrected chi connectivity index (χ0v) is 7.68. The Labute approximate surface area is 83.5 Å². The molecule has 0 saturated heterocycles. The molecule has 0 aliphatic rings. The molecule has 4 nitrogen and oxygen atoms in total. The lowest BCUT2D eigenvalue weighted by molar-refractivity contribution is -0.175. The number of carbonyl (C=O) groups excluding carboxylic acids is 1. The van der Waals surface area contributed by atoms with E-state index in [0.29, 0.717) is 0 Å². The molecule has 1 amide bonds. The van der Waals surface area contributed by atoms with Crippen molar-refractivity contribution in [1.82, 2.24) is 5.32 Å². The molecule has 0 radical (unpaired) electrons. The third kappa shape index (κ3) is 4.90. The molecular weight excluding hydrogens is 215 g/mol. The van der Waals surface area contributed by atoms with Crippen molar-refractivity contribution < 1.29 is 27.9 Å². The molecule has 0 bridgehead atoms. The van der Waals surface area contributed by atoms with Gasteiger partial charge >= 0.3 is 18.1 Å². The van der Waals surface area contributed by atoms with E-state index in [2.05, 4.69) is 11.8 Å². The Bertz CT molecular complexity index is 313. The molecule has 1 atom stereocenters. The molecule has 0 spiro atoms. The first-order valence-electron chi connectivity index (χ1n) is 3.79. The van der Waals surface area contributed by atoms with Gasteiger partial charge in [0.1, 0.15) is 6.04 Å². The fraction of sp³-hybridized carbons (Fsp3) is 0.500. The number of carboxylic acids is 1. The first-order valence-corrected chi connectivity index (χ1v) is 3.79. The number of halogens is 3. The van der Waals surface area contributed by atoms with Crippen molar-refractivity contribution in [3.05, 3.63) is 0 Å². The fourth-order valence-corrected chi connectivity index (χ4v) is 0.644. The average molecular weight is 223 g/mol. The van der Waals surface area contributed by atoms with E-state index in [-0.39, 0.29) is 6.42 Å². The Morgan fingerprint density at radius 3 is 2.33 bits per heavy atom. The van der Waals surface area contributed by atoms with Gasteiger partial charge in [-0.3, -0.25) is 4.79 Å². The van der Waals surface area contributed by atoms with Crippen molar-refractivity contribution in [2.45, 2.75) is 25.6 Å². The lowest BCUT2D eigenvalue weighted by Gasteiger charge is -2.12. The summed E-state index contributed by atoms with van der Waals surface area (Å²) in [5.41, 5.74) is 0. The number of hydrogen-bond acceptors (Lipinski definition) is 2. The summed E-state index contributed by atoms with van der Waals surface area (Å²) in [6, 6.07) is -1.65. The van der Waals surface area contributed by atoms with Crippen LogP contribution in [0.3, 0.4) is 0 Å². The number of aliphatic carboxylic acids is 1. The SMILES string of the molecule is CC#CCC(NC(=O)C(F)(F)F)C(=O)O. The summed E-state index contributed by atoms with van der Waals surface area (Å²) in [7, 11) is 0. The molecule has 2 N–H and O–H groups in total. The maximum Gasteiger partial charge on any atom is 0.471 e. The van der Waals surface area contributed by atoms with E-state index in [1.807, 2.05) is 0 Å². The predicted octanol–water partition coefficient (Wildman–Crippen LogP) is 0.531. The highest BCUT2D eigenvalue weighted by Gasteiger charge is 2.40. The lowest BCUT2D eigenvalue weighted by Crippen LogP contribution is -2.46. The Hall–Kier alpha value is -1.71. The van der Waals surface area contributed by atoms with Gasteiger partial charge in [0.2, 0.25) is 0 Å². The van der Waals surface area contributed by atoms with E-state index in [4.69, 9.17) is 5.11 Å². The smallest absolute Gasteiger partial charge is 0.471 e. The lowest BCUT2D eigenvalue weighted by atomic mass is 10.2. The summed E-state index contributed by atoms with van der Waals surface area (Å²) in [4.78, 5) is 20.8. The largest absolute Gasteiger partial charge is 0.480 e. The summed E-state index contributed by atoms with van der Waals surface area (Å²) >= 11 is 0. The van der Waals surface area contributed by atoms with Crippen molar-refractivity contribution in [3.63, 3.8) is 0 Å².